The second-order valence-corrected chi connectivity index (χ2v) is 6.96. The molecule has 5 nitrogen and oxygen atoms in total. The third-order valence-corrected chi connectivity index (χ3v) is 4.59. The first-order valence-corrected chi connectivity index (χ1v) is 8.85. The molecule has 0 amide bonds. The van der Waals surface area contributed by atoms with Gasteiger partial charge in [0.25, 0.3) is 0 Å². The molecule has 1 aromatic heterocycles. The Morgan fingerprint density at radius 2 is 2.00 bits per heavy atom. The Labute approximate surface area is 143 Å². The molecule has 0 unspecified atom stereocenters. The van der Waals surface area contributed by atoms with Gasteiger partial charge in [0.05, 0.1) is 6.04 Å². The first-order chi connectivity index (χ1) is 11.6. The molecule has 3 rings (SSSR count). The molecule has 130 valence electrons. The van der Waals surface area contributed by atoms with Crippen LogP contribution in [-0.2, 0) is 4.74 Å². The number of benzene rings is 1. The third kappa shape index (κ3) is 4.22. The topological polar surface area (TPSA) is 60.2 Å². The van der Waals surface area contributed by atoms with Gasteiger partial charge in [0, 0.05) is 25.2 Å². The first kappa shape index (κ1) is 17.1. The van der Waals surface area contributed by atoms with Crippen LogP contribution in [0, 0.1) is 5.92 Å². The lowest BCUT2D eigenvalue weighted by molar-refractivity contribution is 0.180. The minimum Gasteiger partial charge on any atom is -0.381 e. The van der Waals surface area contributed by atoms with Crippen LogP contribution in [-0.4, -0.2) is 23.4 Å². The molecule has 5 heteroatoms. The van der Waals surface area contributed by atoms with Gasteiger partial charge in [0.1, 0.15) is 0 Å². The molecular formula is C19H27N3O2. The summed E-state index contributed by atoms with van der Waals surface area (Å²) in [6.07, 6.45) is 2.19. The molecule has 1 aliphatic heterocycles. The Morgan fingerprint density at radius 3 is 2.62 bits per heavy atom. The smallest absolute Gasteiger partial charge is 0.243 e. The van der Waals surface area contributed by atoms with Crippen LogP contribution in [0.1, 0.15) is 68.9 Å². The monoisotopic (exact) mass is 329 g/mol. The van der Waals surface area contributed by atoms with Crippen molar-refractivity contribution in [2.45, 2.75) is 51.6 Å². The Kier molecular flexibility index (Phi) is 5.63. The number of nitrogens with zero attached hydrogens (tertiary/aromatic N) is 2. The van der Waals surface area contributed by atoms with Crippen molar-refractivity contribution >= 4 is 0 Å². The quantitative estimate of drug-likeness (QED) is 0.831. The Morgan fingerprint density at radius 1 is 1.21 bits per heavy atom. The van der Waals surface area contributed by atoms with Crippen molar-refractivity contribution in [2.24, 2.45) is 5.92 Å². The Balaban J connectivity index is 1.72. The van der Waals surface area contributed by atoms with E-state index in [2.05, 4.69) is 66.6 Å². The summed E-state index contributed by atoms with van der Waals surface area (Å²) in [6, 6.07) is 10.8. The van der Waals surface area contributed by atoms with Crippen molar-refractivity contribution in [1.29, 1.82) is 0 Å². The van der Waals surface area contributed by atoms with E-state index in [1.54, 1.807) is 0 Å². The minimum atomic E-state index is 0.0116. The number of hydrogen-bond acceptors (Lipinski definition) is 5. The lowest BCUT2D eigenvalue weighted by Crippen LogP contribution is -2.27. The molecule has 0 aliphatic carbocycles. The highest BCUT2D eigenvalue weighted by molar-refractivity contribution is 5.19. The standard InChI is InChI=1S/C19H27N3O2/c1-13(2)18-21-19(24-22-18)14(3)20-17(11-15-9-10-23-12-15)16-7-5-4-6-8-16/h4-8,13-15,17,20H,9-12H2,1-3H3/t14-,15-,17-/m0/s1. The lowest BCUT2D eigenvalue weighted by Gasteiger charge is -2.24. The molecule has 0 bridgehead atoms. The van der Waals surface area contributed by atoms with Crippen LogP contribution in [0.5, 0.6) is 0 Å². The van der Waals surface area contributed by atoms with Gasteiger partial charge in [-0.3, -0.25) is 5.32 Å². The fourth-order valence-electron chi connectivity index (χ4n) is 3.12. The van der Waals surface area contributed by atoms with Crippen LogP contribution >= 0.6 is 0 Å². The summed E-state index contributed by atoms with van der Waals surface area (Å²) in [5.41, 5.74) is 1.29. The third-order valence-electron chi connectivity index (χ3n) is 4.59. The molecule has 24 heavy (non-hydrogen) atoms. The molecule has 1 fully saturated rings. The highest BCUT2D eigenvalue weighted by Gasteiger charge is 2.25. The van der Waals surface area contributed by atoms with E-state index >= 15 is 0 Å². The van der Waals surface area contributed by atoms with Crippen LogP contribution in [0.4, 0.5) is 0 Å². The van der Waals surface area contributed by atoms with Gasteiger partial charge in [-0.25, -0.2) is 0 Å². The van der Waals surface area contributed by atoms with Crippen molar-refractivity contribution in [3.8, 4) is 0 Å². The summed E-state index contributed by atoms with van der Waals surface area (Å²) < 4.78 is 11.0. The average molecular weight is 329 g/mol. The lowest BCUT2D eigenvalue weighted by atomic mass is 9.93. The first-order valence-electron chi connectivity index (χ1n) is 8.85. The van der Waals surface area contributed by atoms with Gasteiger partial charge < -0.3 is 9.26 Å². The van der Waals surface area contributed by atoms with Gasteiger partial charge in [-0.05, 0) is 31.2 Å². The summed E-state index contributed by atoms with van der Waals surface area (Å²) in [7, 11) is 0. The average Bonchev–Trinajstić information content (AvgIpc) is 3.26. The number of rotatable bonds is 7. The second kappa shape index (κ2) is 7.90. The number of nitrogens with one attached hydrogen (secondary N) is 1. The van der Waals surface area contributed by atoms with E-state index in [9.17, 15) is 0 Å². The van der Waals surface area contributed by atoms with Gasteiger partial charge in [-0.2, -0.15) is 4.98 Å². The second-order valence-electron chi connectivity index (χ2n) is 6.96. The maximum Gasteiger partial charge on any atom is 0.243 e. The van der Waals surface area contributed by atoms with Crippen molar-refractivity contribution in [2.75, 3.05) is 13.2 Å². The summed E-state index contributed by atoms with van der Waals surface area (Å²) in [5, 5.41) is 7.75. The van der Waals surface area contributed by atoms with Gasteiger partial charge in [-0.1, -0.05) is 49.3 Å². The normalized spacial score (nSPS) is 20.4. The number of aromatic nitrogens is 2. The molecule has 3 atom stereocenters. The SMILES string of the molecule is CC(C)c1noc([C@H](C)N[C@@H](C[C@@H]2CCOC2)c2ccccc2)n1. The maximum atomic E-state index is 5.54. The zero-order valence-electron chi connectivity index (χ0n) is 14.7. The van der Waals surface area contributed by atoms with E-state index < -0.39 is 0 Å². The molecule has 0 saturated carbocycles. The zero-order valence-corrected chi connectivity index (χ0v) is 14.7. The van der Waals surface area contributed by atoms with E-state index in [1.165, 1.54) is 5.56 Å². The highest BCUT2D eigenvalue weighted by Crippen LogP contribution is 2.29. The van der Waals surface area contributed by atoms with Gasteiger partial charge in [0.2, 0.25) is 5.89 Å². The largest absolute Gasteiger partial charge is 0.381 e. The molecule has 2 heterocycles. The molecular weight excluding hydrogens is 302 g/mol. The van der Waals surface area contributed by atoms with Crippen LogP contribution < -0.4 is 5.32 Å². The van der Waals surface area contributed by atoms with Gasteiger partial charge in [-0.15, -0.1) is 0 Å². The van der Waals surface area contributed by atoms with Crippen LogP contribution in [0.15, 0.2) is 34.9 Å². The van der Waals surface area contributed by atoms with E-state index in [-0.39, 0.29) is 18.0 Å². The molecule has 0 spiro atoms. The highest BCUT2D eigenvalue weighted by atomic mass is 16.5. The predicted molar refractivity (Wildman–Crippen MR) is 92.7 cm³/mol. The summed E-state index contributed by atoms with van der Waals surface area (Å²) in [4.78, 5) is 4.52. The Bertz CT molecular complexity index is 621. The number of ether oxygens (including phenoxy) is 1. The van der Waals surface area contributed by atoms with Crippen molar-refractivity contribution in [3.63, 3.8) is 0 Å². The van der Waals surface area contributed by atoms with E-state index in [0.717, 1.165) is 31.9 Å². The van der Waals surface area contributed by atoms with Crippen molar-refractivity contribution in [3.05, 3.63) is 47.6 Å². The fourth-order valence-corrected chi connectivity index (χ4v) is 3.12. The summed E-state index contributed by atoms with van der Waals surface area (Å²) in [5.74, 6) is 2.29. The van der Waals surface area contributed by atoms with Crippen LogP contribution in [0.2, 0.25) is 0 Å². The van der Waals surface area contributed by atoms with E-state index in [4.69, 9.17) is 9.26 Å². The molecule has 1 aliphatic rings. The zero-order chi connectivity index (χ0) is 16.9. The van der Waals surface area contributed by atoms with Gasteiger partial charge >= 0.3 is 0 Å². The van der Waals surface area contributed by atoms with Crippen LogP contribution in [0.3, 0.4) is 0 Å². The van der Waals surface area contributed by atoms with Gasteiger partial charge in [0.15, 0.2) is 5.82 Å². The molecule has 1 saturated heterocycles. The van der Waals surface area contributed by atoms with Crippen molar-refractivity contribution < 1.29 is 9.26 Å². The van der Waals surface area contributed by atoms with Crippen LogP contribution in [0.25, 0.3) is 0 Å². The molecule has 0 radical (unpaired) electrons. The molecule has 1 N–H and O–H groups in total. The number of hydrogen-bond donors (Lipinski definition) is 1. The van der Waals surface area contributed by atoms with Crippen molar-refractivity contribution in [1.82, 2.24) is 15.5 Å². The predicted octanol–water partition coefficient (Wildman–Crippen LogP) is 4.01. The Hall–Kier alpha value is -1.72. The minimum absolute atomic E-state index is 0.0116. The van der Waals surface area contributed by atoms with E-state index in [0.29, 0.717) is 11.8 Å². The molecule has 2 aromatic rings. The summed E-state index contributed by atoms with van der Waals surface area (Å²) in [6.45, 7) is 7.96. The fraction of sp³-hybridized carbons (Fsp3) is 0.579. The molecule has 1 aromatic carbocycles. The summed E-state index contributed by atoms with van der Waals surface area (Å²) >= 11 is 0. The van der Waals surface area contributed by atoms with E-state index in [1.807, 2.05) is 0 Å². The maximum absolute atomic E-state index is 5.54.